The summed E-state index contributed by atoms with van der Waals surface area (Å²) in [6.07, 6.45) is 10.2. The predicted octanol–water partition coefficient (Wildman–Crippen LogP) is 3.37. The van der Waals surface area contributed by atoms with Crippen molar-refractivity contribution in [2.45, 2.75) is 38.6 Å². The molecule has 1 aromatic carbocycles. The summed E-state index contributed by atoms with van der Waals surface area (Å²) in [6, 6.07) is 7.56. The Morgan fingerprint density at radius 2 is 2.11 bits per heavy atom. The Morgan fingerprint density at radius 3 is 2.71 bits per heavy atom. The number of rotatable bonds is 4. The molecule has 1 fully saturated rings. The molecule has 0 spiro atoms. The van der Waals surface area contributed by atoms with Gasteiger partial charge in [-0.1, -0.05) is 5.92 Å². The fourth-order valence-corrected chi connectivity index (χ4v) is 3.71. The van der Waals surface area contributed by atoms with Gasteiger partial charge in [0, 0.05) is 6.20 Å². The lowest BCUT2D eigenvalue weighted by atomic mass is 9.77. The van der Waals surface area contributed by atoms with Crippen LogP contribution in [0.25, 0.3) is 16.6 Å². The zero-order chi connectivity index (χ0) is 19.9. The van der Waals surface area contributed by atoms with Gasteiger partial charge in [0.2, 0.25) is 0 Å². The quantitative estimate of drug-likeness (QED) is 0.709. The summed E-state index contributed by atoms with van der Waals surface area (Å²) in [5.74, 6) is 3.95. The molecule has 1 saturated carbocycles. The van der Waals surface area contributed by atoms with Gasteiger partial charge in [0.15, 0.2) is 0 Å². The van der Waals surface area contributed by atoms with Crippen molar-refractivity contribution in [1.29, 1.82) is 0 Å². The number of hydrogen-bond acceptors (Lipinski definition) is 5. The van der Waals surface area contributed by atoms with Gasteiger partial charge < -0.3 is 10.1 Å². The van der Waals surface area contributed by atoms with Crippen LogP contribution < -0.4 is 15.7 Å². The van der Waals surface area contributed by atoms with Crippen molar-refractivity contribution < 1.29 is 4.74 Å². The molecule has 0 saturated heterocycles. The number of aryl methyl sites for hydroxylation is 2. The van der Waals surface area contributed by atoms with Crippen LogP contribution in [-0.4, -0.2) is 27.2 Å². The van der Waals surface area contributed by atoms with Gasteiger partial charge in [-0.3, -0.25) is 9.55 Å². The van der Waals surface area contributed by atoms with Crippen molar-refractivity contribution in [2.75, 3.05) is 12.4 Å². The van der Waals surface area contributed by atoms with Gasteiger partial charge in [-0.15, -0.1) is 6.42 Å². The number of ether oxygens (including phenoxy) is 1. The molecule has 0 radical (unpaired) electrons. The Balaban J connectivity index is 2.06. The van der Waals surface area contributed by atoms with Gasteiger partial charge in [-0.2, -0.15) is 4.98 Å². The first kappa shape index (κ1) is 18.1. The van der Waals surface area contributed by atoms with Crippen molar-refractivity contribution in [1.82, 2.24) is 14.5 Å². The van der Waals surface area contributed by atoms with Gasteiger partial charge in [-0.05, 0) is 62.9 Å². The standard InChI is InChI=1S/C22H22N4O2/c1-5-22(9-7-10-22)25-20-19-17(12-14(2)13-18(19)28-4)26(21(27)24-20)16-8-6-11-23-15(16)3/h1,6,8,11-13H,7,9-10H2,2-4H3,(H,24,25,27). The number of aromatic nitrogens is 3. The highest BCUT2D eigenvalue weighted by atomic mass is 16.5. The number of hydrogen-bond donors (Lipinski definition) is 1. The highest BCUT2D eigenvalue weighted by molar-refractivity contribution is 5.96. The van der Waals surface area contributed by atoms with E-state index in [4.69, 9.17) is 11.2 Å². The van der Waals surface area contributed by atoms with E-state index in [1.54, 1.807) is 17.9 Å². The molecule has 6 heteroatoms. The van der Waals surface area contributed by atoms with Gasteiger partial charge >= 0.3 is 5.69 Å². The summed E-state index contributed by atoms with van der Waals surface area (Å²) in [7, 11) is 1.61. The van der Waals surface area contributed by atoms with E-state index in [2.05, 4.69) is 21.2 Å². The third-order valence-electron chi connectivity index (χ3n) is 5.38. The summed E-state index contributed by atoms with van der Waals surface area (Å²) in [5, 5.41) is 4.09. The Kier molecular flexibility index (Phi) is 4.31. The van der Waals surface area contributed by atoms with Crippen molar-refractivity contribution in [2.24, 2.45) is 0 Å². The van der Waals surface area contributed by atoms with E-state index in [0.29, 0.717) is 22.8 Å². The Labute approximate surface area is 163 Å². The average Bonchev–Trinajstić information content (AvgIpc) is 2.64. The number of pyridine rings is 1. The lowest BCUT2D eigenvalue weighted by molar-refractivity contribution is 0.359. The number of nitrogens with zero attached hydrogens (tertiary/aromatic N) is 3. The van der Waals surface area contributed by atoms with Crippen molar-refractivity contribution in [3.63, 3.8) is 0 Å². The van der Waals surface area contributed by atoms with E-state index in [1.807, 2.05) is 38.1 Å². The monoisotopic (exact) mass is 374 g/mol. The summed E-state index contributed by atoms with van der Waals surface area (Å²) in [6.45, 7) is 3.84. The summed E-state index contributed by atoms with van der Waals surface area (Å²) in [4.78, 5) is 21.8. The van der Waals surface area contributed by atoms with Gasteiger partial charge in [0.1, 0.15) is 11.6 Å². The van der Waals surface area contributed by atoms with Crippen LogP contribution in [0.15, 0.2) is 35.3 Å². The highest BCUT2D eigenvalue weighted by Crippen LogP contribution is 2.38. The topological polar surface area (TPSA) is 69.0 Å². The van der Waals surface area contributed by atoms with Gasteiger partial charge in [0.25, 0.3) is 0 Å². The second kappa shape index (κ2) is 6.68. The maximum Gasteiger partial charge on any atom is 0.354 e. The van der Waals surface area contributed by atoms with Crippen molar-refractivity contribution in [3.8, 4) is 23.8 Å². The second-order valence-electron chi connectivity index (χ2n) is 7.25. The number of nitrogens with one attached hydrogen (secondary N) is 1. The van der Waals surface area contributed by atoms with Crippen LogP contribution in [0, 0.1) is 26.2 Å². The number of benzene rings is 1. The van der Waals surface area contributed by atoms with Gasteiger partial charge in [-0.25, -0.2) is 4.79 Å². The maximum absolute atomic E-state index is 13.1. The van der Waals surface area contributed by atoms with Crippen LogP contribution >= 0.6 is 0 Å². The first-order chi connectivity index (χ1) is 13.5. The van der Waals surface area contributed by atoms with Gasteiger partial charge in [0.05, 0.1) is 34.9 Å². The van der Waals surface area contributed by atoms with Crippen LogP contribution in [0.4, 0.5) is 5.82 Å². The first-order valence-electron chi connectivity index (χ1n) is 9.27. The third-order valence-corrected chi connectivity index (χ3v) is 5.38. The van der Waals surface area contributed by atoms with Crippen molar-refractivity contribution in [3.05, 3.63) is 52.2 Å². The number of anilines is 1. The van der Waals surface area contributed by atoms with Crippen LogP contribution in [0.1, 0.15) is 30.5 Å². The maximum atomic E-state index is 13.1. The number of methoxy groups -OCH3 is 1. The highest BCUT2D eigenvalue weighted by Gasteiger charge is 2.36. The second-order valence-corrected chi connectivity index (χ2v) is 7.25. The molecule has 1 aliphatic rings. The summed E-state index contributed by atoms with van der Waals surface area (Å²) < 4.78 is 7.23. The summed E-state index contributed by atoms with van der Waals surface area (Å²) >= 11 is 0. The van der Waals surface area contributed by atoms with Crippen LogP contribution in [0.2, 0.25) is 0 Å². The fourth-order valence-electron chi connectivity index (χ4n) is 3.71. The lowest BCUT2D eigenvalue weighted by Crippen LogP contribution is -2.44. The fraction of sp³-hybridized carbons (Fsp3) is 0.318. The molecule has 28 heavy (non-hydrogen) atoms. The van der Waals surface area contributed by atoms with Crippen LogP contribution in [0.3, 0.4) is 0 Å². The zero-order valence-electron chi connectivity index (χ0n) is 16.2. The molecular weight excluding hydrogens is 352 g/mol. The average molecular weight is 374 g/mol. The minimum atomic E-state index is -0.460. The molecule has 0 atom stereocenters. The molecule has 2 aromatic heterocycles. The molecule has 1 aliphatic carbocycles. The van der Waals surface area contributed by atoms with E-state index >= 15 is 0 Å². The molecule has 0 amide bonds. The Morgan fingerprint density at radius 1 is 1.32 bits per heavy atom. The molecule has 6 nitrogen and oxygen atoms in total. The molecule has 142 valence electrons. The van der Waals surface area contributed by atoms with E-state index in [1.165, 1.54) is 0 Å². The molecule has 0 unspecified atom stereocenters. The molecule has 4 rings (SSSR count). The molecule has 1 N–H and O–H groups in total. The predicted molar refractivity (Wildman–Crippen MR) is 110 cm³/mol. The smallest absolute Gasteiger partial charge is 0.354 e. The zero-order valence-corrected chi connectivity index (χ0v) is 16.2. The van der Waals surface area contributed by atoms with Crippen molar-refractivity contribution >= 4 is 16.7 Å². The van der Waals surface area contributed by atoms with E-state index < -0.39 is 5.54 Å². The van der Waals surface area contributed by atoms with E-state index in [9.17, 15) is 4.79 Å². The molecular formula is C22H22N4O2. The molecule has 3 aromatic rings. The van der Waals surface area contributed by atoms with E-state index in [0.717, 1.165) is 35.9 Å². The largest absolute Gasteiger partial charge is 0.496 e. The summed E-state index contributed by atoms with van der Waals surface area (Å²) in [5.41, 5.74) is 2.28. The molecule has 2 heterocycles. The normalized spacial score (nSPS) is 14.9. The van der Waals surface area contributed by atoms with E-state index in [-0.39, 0.29) is 5.69 Å². The minimum absolute atomic E-state index is 0.384. The Bertz CT molecular complexity index is 1170. The first-order valence-corrected chi connectivity index (χ1v) is 9.27. The third kappa shape index (κ3) is 2.80. The van der Waals surface area contributed by atoms with Crippen LogP contribution in [-0.2, 0) is 0 Å². The Hall–Kier alpha value is -3.33. The SMILES string of the molecule is C#CC1(Nc2nc(=O)n(-c3cccnc3C)c3cc(C)cc(OC)c23)CCC1. The number of terminal acetylenes is 1. The number of fused-ring (bicyclic) bond motifs is 1. The molecule has 0 aliphatic heterocycles. The molecule has 0 bridgehead atoms. The minimum Gasteiger partial charge on any atom is -0.496 e. The lowest BCUT2D eigenvalue weighted by Gasteiger charge is -2.38. The van der Waals surface area contributed by atoms with Crippen LogP contribution in [0.5, 0.6) is 5.75 Å².